The molecule has 1 heterocycles. The number of hydrogen-bond acceptors (Lipinski definition) is 3. The first-order valence-electron chi connectivity index (χ1n) is 8.13. The van der Waals surface area contributed by atoms with Crippen molar-refractivity contribution in [2.45, 2.75) is 25.1 Å². The average Bonchev–Trinajstić information content (AvgIpc) is 3.27. The molecule has 0 aliphatic heterocycles. The van der Waals surface area contributed by atoms with Crippen molar-refractivity contribution in [2.24, 2.45) is 0 Å². The van der Waals surface area contributed by atoms with Gasteiger partial charge >= 0.3 is 6.18 Å². The van der Waals surface area contributed by atoms with Gasteiger partial charge in [0.1, 0.15) is 0 Å². The van der Waals surface area contributed by atoms with Crippen LogP contribution in [-0.4, -0.2) is 46.1 Å². The van der Waals surface area contributed by atoms with Crippen LogP contribution in [0.1, 0.15) is 28.9 Å². The van der Waals surface area contributed by atoms with Gasteiger partial charge in [0, 0.05) is 18.1 Å². The minimum Gasteiger partial charge on any atom is -0.352 e. The van der Waals surface area contributed by atoms with E-state index in [0.29, 0.717) is 9.70 Å². The molecule has 6 nitrogen and oxygen atoms in total. The number of likely N-dealkylation sites (N-methyl/N-ethyl adjacent to an activating group) is 1. The standard InChI is InChI=1S/C17H16ClF3N4O2/c1-24(9-14(26)23-11-4-5-11)16(27)13-8-22-25(15(13)17(19,20)21)12-6-2-10(18)3-7-12/h2-3,6-8,11H,4-5,9H2,1H3,(H,23,26). The monoisotopic (exact) mass is 400 g/mol. The van der Waals surface area contributed by atoms with Crippen LogP contribution in [0.15, 0.2) is 30.5 Å². The summed E-state index contributed by atoms with van der Waals surface area (Å²) >= 11 is 5.76. The van der Waals surface area contributed by atoms with Crippen LogP contribution in [0.3, 0.4) is 0 Å². The van der Waals surface area contributed by atoms with E-state index in [9.17, 15) is 22.8 Å². The van der Waals surface area contributed by atoms with Crippen molar-refractivity contribution >= 4 is 23.4 Å². The smallest absolute Gasteiger partial charge is 0.352 e. The molecule has 1 aliphatic rings. The van der Waals surface area contributed by atoms with E-state index in [-0.39, 0.29) is 18.3 Å². The van der Waals surface area contributed by atoms with Gasteiger partial charge in [-0.25, -0.2) is 4.68 Å². The fourth-order valence-corrected chi connectivity index (χ4v) is 2.68. The van der Waals surface area contributed by atoms with Crippen LogP contribution >= 0.6 is 11.6 Å². The van der Waals surface area contributed by atoms with E-state index in [1.807, 2.05) is 0 Å². The molecule has 0 bridgehead atoms. The van der Waals surface area contributed by atoms with Gasteiger partial charge < -0.3 is 10.2 Å². The lowest BCUT2D eigenvalue weighted by atomic mass is 10.2. The summed E-state index contributed by atoms with van der Waals surface area (Å²) in [5.74, 6) is -1.35. The van der Waals surface area contributed by atoms with Crippen molar-refractivity contribution in [2.75, 3.05) is 13.6 Å². The third-order valence-electron chi connectivity index (χ3n) is 4.01. The number of carbonyl (C=O) groups excluding carboxylic acids is 2. The molecule has 1 fully saturated rings. The average molecular weight is 401 g/mol. The summed E-state index contributed by atoms with van der Waals surface area (Å²) in [5.41, 5.74) is -1.72. The molecule has 1 aromatic carbocycles. The van der Waals surface area contributed by atoms with Gasteiger partial charge in [-0.05, 0) is 37.1 Å². The van der Waals surface area contributed by atoms with Gasteiger partial charge in [-0.3, -0.25) is 9.59 Å². The zero-order chi connectivity index (χ0) is 19.8. The molecule has 10 heteroatoms. The highest BCUT2D eigenvalue weighted by molar-refractivity contribution is 6.30. The Kier molecular flexibility index (Phi) is 5.14. The Balaban J connectivity index is 1.89. The number of halogens is 4. The highest BCUT2D eigenvalue weighted by Gasteiger charge is 2.41. The quantitative estimate of drug-likeness (QED) is 0.839. The van der Waals surface area contributed by atoms with Crippen LogP contribution in [0.4, 0.5) is 13.2 Å². The second-order valence-corrected chi connectivity index (χ2v) is 6.73. The summed E-state index contributed by atoms with van der Waals surface area (Å²) in [6, 6.07) is 5.68. The SMILES string of the molecule is CN(CC(=O)NC1CC1)C(=O)c1cnn(-c2ccc(Cl)cc2)c1C(F)(F)F. The molecule has 1 aromatic heterocycles. The summed E-state index contributed by atoms with van der Waals surface area (Å²) in [6.45, 7) is -0.335. The van der Waals surface area contributed by atoms with Crippen molar-refractivity contribution < 1.29 is 22.8 Å². The maximum atomic E-state index is 13.6. The van der Waals surface area contributed by atoms with Gasteiger partial charge in [0.25, 0.3) is 5.91 Å². The molecular weight excluding hydrogens is 385 g/mol. The number of aromatic nitrogens is 2. The summed E-state index contributed by atoms with van der Waals surface area (Å²) in [7, 11) is 1.27. The Morgan fingerprint density at radius 2 is 1.93 bits per heavy atom. The molecule has 144 valence electrons. The summed E-state index contributed by atoms with van der Waals surface area (Å²) < 4.78 is 41.6. The van der Waals surface area contributed by atoms with E-state index >= 15 is 0 Å². The van der Waals surface area contributed by atoms with Crippen LogP contribution in [0.25, 0.3) is 5.69 Å². The van der Waals surface area contributed by atoms with Crippen LogP contribution < -0.4 is 5.32 Å². The third-order valence-corrected chi connectivity index (χ3v) is 4.26. The van der Waals surface area contributed by atoms with E-state index < -0.39 is 29.2 Å². The zero-order valence-corrected chi connectivity index (χ0v) is 15.0. The summed E-state index contributed by atoms with van der Waals surface area (Å²) in [5, 5.41) is 6.77. The summed E-state index contributed by atoms with van der Waals surface area (Å²) in [4.78, 5) is 25.3. The van der Waals surface area contributed by atoms with Gasteiger partial charge in [-0.1, -0.05) is 11.6 Å². The highest BCUT2D eigenvalue weighted by Crippen LogP contribution is 2.34. The van der Waals surface area contributed by atoms with E-state index in [4.69, 9.17) is 11.6 Å². The molecule has 1 aliphatic carbocycles. The maximum Gasteiger partial charge on any atom is 0.434 e. The minimum absolute atomic E-state index is 0.0967. The molecule has 1 N–H and O–H groups in total. The zero-order valence-electron chi connectivity index (χ0n) is 14.3. The molecule has 3 rings (SSSR count). The lowest BCUT2D eigenvalue weighted by molar-refractivity contribution is -0.143. The van der Waals surface area contributed by atoms with Crippen LogP contribution in [-0.2, 0) is 11.0 Å². The predicted octanol–water partition coefficient (Wildman–Crippen LogP) is 2.90. The fraction of sp³-hybridized carbons (Fsp3) is 0.353. The van der Waals surface area contributed by atoms with E-state index in [2.05, 4.69) is 10.4 Å². The minimum atomic E-state index is -4.82. The molecule has 2 aromatic rings. The summed E-state index contributed by atoms with van der Waals surface area (Å²) in [6.07, 6.45) is -2.22. The second kappa shape index (κ2) is 7.22. The largest absolute Gasteiger partial charge is 0.434 e. The van der Waals surface area contributed by atoms with Gasteiger partial charge in [0.2, 0.25) is 5.91 Å². The Morgan fingerprint density at radius 1 is 1.30 bits per heavy atom. The van der Waals surface area contributed by atoms with Crippen molar-refractivity contribution in [3.05, 3.63) is 46.7 Å². The van der Waals surface area contributed by atoms with Gasteiger partial charge in [-0.15, -0.1) is 0 Å². The Hall–Kier alpha value is -2.55. The van der Waals surface area contributed by atoms with Gasteiger partial charge in [-0.2, -0.15) is 18.3 Å². The van der Waals surface area contributed by atoms with Crippen molar-refractivity contribution in [3.63, 3.8) is 0 Å². The van der Waals surface area contributed by atoms with E-state index in [0.717, 1.165) is 23.9 Å². The first-order chi connectivity index (χ1) is 12.7. The number of alkyl halides is 3. The van der Waals surface area contributed by atoms with Gasteiger partial charge in [0.15, 0.2) is 5.69 Å². The molecule has 0 radical (unpaired) electrons. The van der Waals surface area contributed by atoms with Crippen molar-refractivity contribution in [1.29, 1.82) is 0 Å². The van der Waals surface area contributed by atoms with Crippen LogP contribution in [0, 0.1) is 0 Å². The lowest BCUT2D eigenvalue weighted by Crippen LogP contribution is -2.39. The maximum absolute atomic E-state index is 13.6. The van der Waals surface area contributed by atoms with E-state index in [1.165, 1.54) is 31.3 Å². The topological polar surface area (TPSA) is 67.2 Å². The van der Waals surface area contributed by atoms with E-state index in [1.54, 1.807) is 0 Å². The Bertz CT molecular complexity index is 860. The number of benzene rings is 1. The molecular formula is C17H16ClF3N4O2. The first kappa shape index (κ1) is 19.2. The van der Waals surface area contributed by atoms with Crippen LogP contribution in [0.5, 0.6) is 0 Å². The number of rotatable bonds is 5. The molecule has 27 heavy (non-hydrogen) atoms. The Morgan fingerprint density at radius 3 is 2.48 bits per heavy atom. The van der Waals surface area contributed by atoms with Crippen molar-refractivity contribution in [3.8, 4) is 5.69 Å². The Labute approximate surface area is 157 Å². The lowest BCUT2D eigenvalue weighted by Gasteiger charge is -2.18. The third kappa shape index (κ3) is 4.41. The molecule has 2 amide bonds. The number of nitrogens with one attached hydrogen (secondary N) is 1. The fourth-order valence-electron chi connectivity index (χ4n) is 2.55. The molecule has 1 saturated carbocycles. The molecule has 0 saturated heterocycles. The normalized spacial score (nSPS) is 14.1. The number of hydrogen-bond donors (Lipinski definition) is 1. The molecule has 0 atom stereocenters. The van der Waals surface area contributed by atoms with Crippen molar-refractivity contribution in [1.82, 2.24) is 20.0 Å². The highest BCUT2D eigenvalue weighted by atomic mass is 35.5. The number of nitrogens with zero attached hydrogens (tertiary/aromatic N) is 3. The van der Waals surface area contributed by atoms with Crippen LogP contribution in [0.2, 0.25) is 5.02 Å². The number of carbonyl (C=O) groups is 2. The second-order valence-electron chi connectivity index (χ2n) is 6.30. The number of amides is 2. The van der Waals surface area contributed by atoms with Gasteiger partial charge in [0.05, 0.1) is 24.0 Å². The molecule has 0 unspecified atom stereocenters. The predicted molar refractivity (Wildman–Crippen MR) is 91.7 cm³/mol. The first-order valence-corrected chi connectivity index (χ1v) is 8.50. The molecule has 0 spiro atoms.